The number of nitrogens with zero attached hydrogens (tertiary/aromatic N) is 1. The zero-order valence-corrected chi connectivity index (χ0v) is 18.2. The number of hydrogen-bond donors (Lipinski definition) is 1. The molecule has 1 N–H and O–H groups in total. The first kappa shape index (κ1) is 22.0. The summed E-state index contributed by atoms with van der Waals surface area (Å²) in [5.41, 5.74) is 1.71. The van der Waals surface area contributed by atoms with Crippen LogP contribution in [0.1, 0.15) is 42.7 Å². The van der Waals surface area contributed by atoms with Gasteiger partial charge in [0.2, 0.25) is 0 Å². The van der Waals surface area contributed by atoms with Gasteiger partial charge in [-0.1, -0.05) is 36.4 Å². The predicted molar refractivity (Wildman–Crippen MR) is 118 cm³/mol. The number of aliphatic carboxylic acids is 1. The van der Waals surface area contributed by atoms with Crippen molar-refractivity contribution in [2.75, 3.05) is 20.2 Å². The number of amides is 1. The van der Waals surface area contributed by atoms with Crippen molar-refractivity contribution >= 4 is 12.1 Å². The second kappa shape index (κ2) is 9.94. The third kappa shape index (κ3) is 4.98. The van der Waals surface area contributed by atoms with E-state index < -0.39 is 18.0 Å². The van der Waals surface area contributed by atoms with E-state index in [9.17, 15) is 14.7 Å². The second-order valence-electron chi connectivity index (χ2n) is 8.43. The fourth-order valence-corrected chi connectivity index (χ4v) is 4.55. The summed E-state index contributed by atoms with van der Waals surface area (Å²) in [6, 6.07) is 15.0. The number of ether oxygens (including phenoxy) is 3. The molecule has 2 aliphatic rings. The first-order chi connectivity index (χ1) is 15.5. The Balaban J connectivity index is 1.48. The summed E-state index contributed by atoms with van der Waals surface area (Å²) in [6.07, 6.45) is 3.97. The number of carbonyl (C=O) groups excluding carboxylic acids is 1. The van der Waals surface area contributed by atoms with Crippen molar-refractivity contribution in [3.63, 3.8) is 0 Å². The first-order valence-electron chi connectivity index (χ1n) is 11.1. The first-order valence-corrected chi connectivity index (χ1v) is 11.1. The Kier molecular flexibility index (Phi) is 6.83. The lowest BCUT2D eigenvalue weighted by atomic mass is 9.89. The van der Waals surface area contributed by atoms with Crippen LogP contribution in [0.5, 0.6) is 11.5 Å². The van der Waals surface area contributed by atoms with Crippen molar-refractivity contribution in [3.05, 3.63) is 59.7 Å². The Morgan fingerprint density at radius 1 is 1.03 bits per heavy atom. The van der Waals surface area contributed by atoms with Crippen LogP contribution < -0.4 is 9.47 Å². The quantitative estimate of drug-likeness (QED) is 0.686. The van der Waals surface area contributed by atoms with E-state index in [1.165, 1.54) is 4.90 Å². The molecule has 1 heterocycles. The zero-order chi connectivity index (χ0) is 22.5. The number of likely N-dealkylation sites (tertiary alicyclic amines) is 1. The maximum absolute atomic E-state index is 12.6. The van der Waals surface area contributed by atoms with Gasteiger partial charge in [0.1, 0.15) is 6.61 Å². The molecule has 2 aromatic carbocycles. The minimum atomic E-state index is -0.928. The summed E-state index contributed by atoms with van der Waals surface area (Å²) >= 11 is 0. The van der Waals surface area contributed by atoms with Crippen LogP contribution in [0.25, 0.3) is 0 Å². The van der Waals surface area contributed by atoms with E-state index in [1.54, 1.807) is 7.11 Å². The van der Waals surface area contributed by atoms with Crippen LogP contribution in [-0.2, 0) is 16.1 Å². The second-order valence-corrected chi connectivity index (χ2v) is 8.43. The van der Waals surface area contributed by atoms with Gasteiger partial charge < -0.3 is 24.2 Å². The summed E-state index contributed by atoms with van der Waals surface area (Å²) in [5.74, 6) is -0.737. The van der Waals surface area contributed by atoms with Gasteiger partial charge in [0.15, 0.2) is 11.5 Å². The van der Waals surface area contributed by atoms with Gasteiger partial charge in [0.05, 0.1) is 19.1 Å². The molecular weight excluding hydrogens is 410 g/mol. The van der Waals surface area contributed by atoms with E-state index in [0.717, 1.165) is 36.8 Å². The third-order valence-electron chi connectivity index (χ3n) is 6.31. The fraction of sp³-hybridized carbons (Fsp3) is 0.440. The molecule has 1 saturated carbocycles. The molecule has 7 heteroatoms. The molecule has 1 aliphatic carbocycles. The summed E-state index contributed by atoms with van der Waals surface area (Å²) in [6.45, 7) is 0.540. The Labute approximate surface area is 187 Å². The minimum Gasteiger partial charge on any atom is -0.493 e. The van der Waals surface area contributed by atoms with Gasteiger partial charge in [-0.3, -0.25) is 4.79 Å². The number of benzene rings is 2. The van der Waals surface area contributed by atoms with E-state index in [2.05, 4.69) is 0 Å². The molecular formula is C25H29NO6. The maximum Gasteiger partial charge on any atom is 0.410 e. The molecule has 1 aliphatic heterocycles. The Bertz CT molecular complexity index is 941. The highest BCUT2D eigenvalue weighted by Crippen LogP contribution is 2.39. The lowest BCUT2D eigenvalue weighted by Gasteiger charge is -2.20. The normalized spacial score (nSPS) is 20.8. The van der Waals surface area contributed by atoms with E-state index in [0.29, 0.717) is 11.5 Å². The molecule has 170 valence electrons. The van der Waals surface area contributed by atoms with Crippen LogP contribution in [0.15, 0.2) is 48.5 Å². The van der Waals surface area contributed by atoms with Gasteiger partial charge in [-0.2, -0.15) is 0 Å². The molecule has 7 nitrogen and oxygen atoms in total. The van der Waals surface area contributed by atoms with Crippen LogP contribution in [-0.4, -0.2) is 48.4 Å². The molecule has 1 amide bonds. The van der Waals surface area contributed by atoms with Gasteiger partial charge in [0.25, 0.3) is 0 Å². The van der Waals surface area contributed by atoms with Crippen molar-refractivity contribution < 1.29 is 28.9 Å². The highest BCUT2D eigenvalue weighted by molar-refractivity contribution is 5.76. The molecule has 4 rings (SSSR count). The van der Waals surface area contributed by atoms with E-state index in [4.69, 9.17) is 14.2 Å². The van der Waals surface area contributed by atoms with Crippen molar-refractivity contribution in [3.8, 4) is 11.5 Å². The number of carboxylic acids is 1. The van der Waals surface area contributed by atoms with Crippen molar-refractivity contribution in [1.82, 2.24) is 4.90 Å². The molecule has 2 unspecified atom stereocenters. The number of methoxy groups -OCH3 is 1. The van der Waals surface area contributed by atoms with Crippen molar-refractivity contribution in [2.24, 2.45) is 5.92 Å². The van der Waals surface area contributed by atoms with Crippen molar-refractivity contribution in [2.45, 2.75) is 44.3 Å². The molecule has 2 atom stereocenters. The van der Waals surface area contributed by atoms with Crippen molar-refractivity contribution in [1.29, 1.82) is 0 Å². The monoisotopic (exact) mass is 439 g/mol. The van der Waals surface area contributed by atoms with E-state index in [1.807, 2.05) is 48.5 Å². The fourth-order valence-electron chi connectivity index (χ4n) is 4.55. The highest BCUT2D eigenvalue weighted by atomic mass is 16.6. The van der Waals surface area contributed by atoms with E-state index in [-0.39, 0.29) is 31.7 Å². The number of carbonyl (C=O) groups is 2. The topological polar surface area (TPSA) is 85.3 Å². The molecule has 32 heavy (non-hydrogen) atoms. The average Bonchev–Trinajstić information content (AvgIpc) is 3.48. The maximum atomic E-state index is 12.6. The molecule has 2 aromatic rings. The largest absolute Gasteiger partial charge is 0.493 e. The number of hydrogen-bond acceptors (Lipinski definition) is 5. The SMILES string of the molecule is COc1ccc(C2CN(C(=O)OCc3ccccc3)CC2C(=O)O)cc1OC1CCCC1. The zero-order valence-electron chi connectivity index (χ0n) is 18.2. The molecule has 0 aromatic heterocycles. The Morgan fingerprint density at radius 2 is 1.78 bits per heavy atom. The van der Waals surface area contributed by atoms with Gasteiger partial charge in [-0.05, 0) is 48.9 Å². The lowest BCUT2D eigenvalue weighted by molar-refractivity contribution is -0.141. The molecule has 0 radical (unpaired) electrons. The third-order valence-corrected chi connectivity index (χ3v) is 6.31. The minimum absolute atomic E-state index is 0.110. The molecule has 2 fully saturated rings. The van der Waals surface area contributed by atoms with Crippen LogP contribution in [0.2, 0.25) is 0 Å². The summed E-state index contributed by atoms with van der Waals surface area (Å²) < 4.78 is 17.1. The molecule has 0 spiro atoms. The highest BCUT2D eigenvalue weighted by Gasteiger charge is 2.41. The molecule has 1 saturated heterocycles. The van der Waals surface area contributed by atoms with Crippen LogP contribution in [0.4, 0.5) is 4.79 Å². The predicted octanol–water partition coefficient (Wildman–Crippen LogP) is 4.45. The van der Waals surface area contributed by atoms with Crippen LogP contribution in [0.3, 0.4) is 0 Å². The number of rotatable bonds is 7. The molecule has 0 bridgehead atoms. The smallest absolute Gasteiger partial charge is 0.410 e. The summed E-state index contributed by atoms with van der Waals surface area (Å²) in [5, 5.41) is 9.82. The lowest BCUT2D eigenvalue weighted by Crippen LogP contribution is -2.30. The van der Waals surface area contributed by atoms with Gasteiger partial charge >= 0.3 is 12.1 Å². The van der Waals surface area contributed by atoms with E-state index >= 15 is 0 Å². The van der Waals surface area contributed by atoms with Gasteiger partial charge in [0, 0.05) is 19.0 Å². The summed E-state index contributed by atoms with van der Waals surface area (Å²) in [7, 11) is 1.59. The average molecular weight is 440 g/mol. The Hall–Kier alpha value is -3.22. The van der Waals surface area contributed by atoms with Gasteiger partial charge in [-0.15, -0.1) is 0 Å². The number of carboxylic acid groups (broad SMARTS) is 1. The Morgan fingerprint density at radius 3 is 2.47 bits per heavy atom. The summed E-state index contributed by atoms with van der Waals surface area (Å²) in [4.78, 5) is 26.1. The standard InChI is InChI=1S/C25H29NO6/c1-30-22-12-11-18(13-23(22)32-19-9-5-6-10-19)20-14-26(15-21(20)24(27)28)25(29)31-16-17-7-3-2-4-8-17/h2-4,7-8,11-13,19-21H,5-6,9-10,14-16H2,1H3,(H,27,28). The van der Waals surface area contributed by atoms with Gasteiger partial charge in [-0.25, -0.2) is 4.79 Å². The van der Waals surface area contributed by atoms with Crippen LogP contribution >= 0.6 is 0 Å². The van der Waals surface area contributed by atoms with Crippen LogP contribution in [0, 0.1) is 5.92 Å².